The maximum Gasteiger partial charge on any atom is 0.319 e. The molecule has 0 bridgehead atoms. The van der Waals surface area contributed by atoms with Crippen molar-refractivity contribution in [2.24, 2.45) is 5.92 Å². The van der Waals surface area contributed by atoms with Gasteiger partial charge < -0.3 is 15.7 Å². The first kappa shape index (κ1) is 14.9. The molecular formula is C15H20N2O2S. The van der Waals surface area contributed by atoms with E-state index in [4.69, 9.17) is 5.11 Å². The highest BCUT2D eigenvalue weighted by Gasteiger charge is 2.19. The molecule has 1 aromatic carbocycles. The summed E-state index contributed by atoms with van der Waals surface area (Å²) in [5.74, 6) is 1.02. The Hall–Kier alpha value is -1.46. The summed E-state index contributed by atoms with van der Waals surface area (Å²) in [6.45, 7) is 0.132. The van der Waals surface area contributed by atoms with Crippen LogP contribution in [0.4, 0.5) is 10.5 Å². The third-order valence-electron chi connectivity index (χ3n) is 3.29. The van der Waals surface area contributed by atoms with Gasteiger partial charge in [0.25, 0.3) is 0 Å². The Morgan fingerprint density at radius 1 is 1.40 bits per heavy atom. The smallest absolute Gasteiger partial charge is 0.319 e. The van der Waals surface area contributed by atoms with E-state index >= 15 is 0 Å². The van der Waals surface area contributed by atoms with Gasteiger partial charge in [-0.3, -0.25) is 0 Å². The van der Waals surface area contributed by atoms with Crippen LogP contribution in [-0.2, 0) is 5.75 Å². The maximum atomic E-state index is 12.0. The van der Waals surface area contributed by atoms with Crippen molar-refractivity contribution in [1.82, 2.24) is 5.32 Å². The van der Waals surface area contributed by atoms with E-state index in [0.717, 1.165) is 23.4 Å². The average Bonchev–Trinajstić information content (AvgIpc) is 2.89. The molecule has 0 heterocycles. The fraction of sp³-hybridized carbons (Fsp3) is 0.400. The third-order valence-corrected chi connectivity index (χ3v) is 3.89. The molecule has 1 aliphatic carbocycles. The number of para-hydroxylation sites is 1. The average molecular weight is 292 g/mol. The molecule has 5 heteroatoms. The van der Waals surface area contributed by atoms with E-state index in [1.807, 2.05) is 42.7 Å². The molecule has 108 valence electrons. The Morgan fingerprint density at radius 2 is 2.20 bits per heavy atom. The topological polar surface area (TPSA) is 61.4 Å². The summed E-state index contributed by atoms with van der Waals surface area (Å²) < 4.78 is 0. The fourth-order valence-electron chi connectivity index (χ4n) is 2.27. The van der Waals surface area contributed by atoms with Crippen LogP contribution >= 0.6 is 11.8 Å². The lowest BCUT2D eigenvalue weighted by Crippen LogP contribution is -2.36. The number of thioether (sulfide) groups is 1. The molecule has 0 unspecified atom stereocenters. The van der Waals surface area contributed by atoms with Gasteiger partial charge in [-0.2, -0.15) is 11.8 Å². The lowest BCUT2D eigenvalue weighted by Gasteiger charge is -2.15. The summed E-state index contributed by atoms with van der Waals surface area (Å²) in [7, 11) is 0. The van der Waals surface area contributed by atoms with E-state index in [2.05, 4.69) is 10.6 Å². The zero-order valence-corrected chi connectivity index (χ0v) is 12.3. The van der Waals surface area contributed by atoms with Gasteiger partial charge in [0.1, 0.15) is 0 Å². The van der Waals surface area contributed by atoms with Crippen LogP contribution in [0.5, 0.6) is 0 Å². The number of aliphatic hydroxyl groups is 1. The normalized spacial score (nSPS) is 20.9. The largest absolute Gasteiger partial charge is 0.396 e. The Balaban J connectivity index is 1.90. The lowest BCUT2D eigenvalue weighted by molar-refractivity contribution is 0.238. The number of benzene rings is 1. The Kier molecular flexibility index (Phi) is 5.49. The van der Waals surface area contributed by atoms with Gasteiger partial charge in [0, 0.05) is 30.0 Å². The number of nitrogens with one attached hydrogen (secondary N) is 2. The number of amides is 2. The minimum Gasteiger partial charge on any atom is -0.396 e. The van der Waals surface area contributed by atoms with Crippen LogP contribution in [0.3, 0.4) is 0 Å². The molecule has 2 atom stereocenters. The summed E-state index contributed by atoms with van der Waals surface area (Å²) in [5, 5.41) is 14.9. The predicted octanol–water partition coefficient (Wildman–Crippen LogP) is 2.61. The van der Waals surface area contributed by atoms with Crippen molar-refractivity contribution in [3.05, 3.63) is 42.0 Å². The molecule has 0 saturated heterocycles. The molecule has 0 saturated carbocycles. The number of carbonyl (C=O) groups is 1. The first-order chi connectivity index (χ1) is 9.72. The van der Waals surface area contributed by atoms with Crippen LogP contribution in [0.15, 0.2) is 36.4 Å². The molecule has 2 amide bonds. The van der Waals surface area contributed by atoms with Crippen LogP contribution < -0.4 is 10.6 Å². The number of hydrogen-bond acceptors (Lipinski definition) is 3. The van der Waals surface area contributed by atoms with Crippen molar-refractivity contribution < 1.29 is 9.90 Å². The molecule has 1 aromatic rings. The summed E-state index contributed by atoms with van der Waals surface area (Å²) in [4.78, 5) is 12.0. The first-order valence-corrected chi connectivity index (χ1v) is 8.06. The van der Waals surface area contributed by atoms with Crippen LogP contribution in [0, 0.1) is 5.92 Å². The number of carbonyl (C=O) groups excluding carboxylic acids is 1. The van der Waals surface area contributed by atoms with Gasteiger partial charge in [0.2, 0.25) is 0 Å². The van der Waals surface area contributed by atoms with Crippen molar-refractivity contribution in [3.63, 3.8) is 0 Å². The van der Waals surface area contributed by atoms with Crippen LogP contribution in [0.1, 0.15) is 12.0 Å². The summed E-state index contributed by atoms with van der Waals surface area (Å²) in [5.41, 5.74) is 1.96. The van der Waals surface area contributed by atoms with Crippen molar-refractivity contribution >= 4 is 23.5 Å². The van der Waals surface area contributed by atoms with Gasteiger partial charge in [-0.1, -0.05) is 30.4 Å². The van der Waals surface area contributed by atoms with Crippen LogP contribution in [0.2, 0.25) is 0 Å². The maximum absolute atomic E-state index is 12.0. The van der Waals surface area contributed by atoms with Crippen molar-refractivity contribution in [1.29, 1.82) is 0 Å². The van der Waals surface area contributed by atoms with Gasteiger partial charge in [-0.25, -0.2) is 4.79 Å². The highest BCUT2D eigenvalue weighted by molar-refractivity contribution is 7.97. The van der Waals surface area contributed by atoms with Crippen LogP contribution in [-0.4, -0.2) is 30.0 Å². The quantitative estimate of drug-likeness (QED) is 0.731. The van der Waals surface area contributed by atoms with E-state index in [9.17, 15) is 4.79 Å². The second kappa shape index (κ2) is 7.36. The molecule has 0 radical (unpaired) electrons. The minimum atomic E-state index is -0.202. The molecule has 0 aromatic heterocycles. The monoisotopic (exact) mass is 292 g/mol. The number of rotatable bonds is 5. The molecule has 3 N–H and O–H groups in total. The summed E-state index contributed by atoms with van der Waals surface area (Å²) in [6, 6.07) is 7.61. The van der Waals surface area contributed by atoms with E-state index in [-0.39, 0.29) is 24.6 Å². The van der Waals surface area contributed by atoms with Gasteiger partial charge in [-0.05, 0) is 24.3 Å². The minimum absolute atomic E-state index is 0.000127. The van der Waals surface area contributed by atoms with Crippen molar-refractivity contribution in [2.45, 2.75) is 18.2 Å². The van der Waals surface area contributed by atoms with E-state index in [1.165, 1.54) is 0 Å². The number of hydrogen-bond donors (Lipinski definition) is 3. The molecule has 2 rings (SSSR count). The second-order valence-corrected chi connectivity index (χ2v) is 5.72. The van der Waals surface area contributed by atoms with Gasteiger partial charge in [0.05, 0.1) is 0 Å². The Bertz CT molecular complexity index is 491. The van der Waals surface area contributed by atoms with Gasteiger partial charge >= 0.3 is 6.03 Å². The van der Waals surface area contributed by atoms with E-state index in [0.29, 0.717) is 0 Å². The first-order valence-electron chi connectivity index (χ1n) is 6.66. The van der Waals surface area contributed by atoms with Crippen molar-refractivity contribution in [2.75, 3.05) is 18.2 Å². The zero-order chi connectivity index (χ0) is 14.4. The SMILES string of the molecule is CSCc1ccccc1NC(=O)N[C@@H]1C=C[C@H](CO)C1. The van der Waals surface area contributed by atoms with E-state index < -0.39 is 0 Å². The Labute approximate surface area is 123 Å². The molecule has 0 fully saturated rings. The molecule has 0 aliphatic heterocycles. The second-order valence-electron chi connectivity index (χ2n) is 4.86. The standard InChI is InChI=1S/C15H20N2O2S/c1-20-10-12-4-2-3-5-14(12)17-15(19)16-13-7-6-11(8-13)9-18/h2-7,11,13,18H,8-10H2,1H3,(H2,16,17,19)/t11-,13+/m0/s1. The number of anilines is 1. The number of aliphatic hydroxyl groups excluding tert-OH is 1. The van der Waals surface area contributed by atoms with E-state index in [1.54, 1.807) is 11.8 Å². The zero-order valence-electron chi connectivity index (χ0n) is 11.5. The highest BCUT2D eigenvalue weighted by Crippen LogP contribution is 2.20. The van der Waals surface area contributed by atoms with Gasteiger partial charge in [-0.15, -0.1) is 0 Å². The number of urea groups is 1. The third kappa shape index (κ3) is 4.02. The van der Waals surface area contributed by atoms with Crippen LogP contribution in [0.25, 0.3) is 0 Å². The predicted molar refractivity (Wildman–Crippen MR) is 83.9 cm³/mol. The molecule has 4 nitrogen and oxygen atoms in total. The van der Waals surface area contributed by atoms with Crippen molar-refractivity contribution in [3.8, 4) is 0 Å². The molecule has 1 aliphatic rings. The summed E-state index contributed by atoms with van der Waals surface area (Å²) >= 11 is 1.72. The molecule has 20 heavy (non-hydrogen) atoms. The summed E-state index contributed by atoms with van der Waals surface area (Å²) in [6.07, 6.45) is 6.69. The highest BCUT2D eigenvalue weighted by atomic mass is 32.2. The molecular weight excluding hydrogens is 272 g/mol. The lowest BCUT2D eigenvalue weighted by atomic mass is 10.1. The Morgan fingerprint density at radius 3 is 2.90 bits per heavy atom. The fourth-order valence-corrected chi connectivity index (χ4v) is 2.83. The molecule has 0 spiro atoms. The van der Waals surface area contributed by atoms with Gasteiger partial charge in [0.15, 0.2) is 0 Å².